The number of anilines is 1. The van der Waals surface area contributed by atoms with Crippen molar-refractivity contribution in [3.8, 4) is 17.2 Å². The third-order valence-corrected chi connectivity index (χ3v) is 5.32. The lowest BCUT2D eigenvalue weighted by atomic mass is 10.1. The van der Waals surface area contributed by atoms with Crippen LogP contribution in [0.25, 0.3) is 6.08 Å². The Balaban J connectivity index is 1.52. The van der Waals surface area contributed by atoms with Gasteiger partial charge in [-0.3, -0.25) is 19.3 Å². The minimum atomic E-state index is -0.688. The highest BCUT2D eigenvalue weighted by atomic mass is 32.2. The highest BCUT2D eigenvalue weighted by Crippen LogP contribution is 2.41. The number of amides is 3. The summed E-state index contributed by atoms with van der Waals surface area (Å²) >= 11 is 0.705. The van der Waals surface area contributed by atoms with E-state index in [1.165, 1.54) is 24.3 Å². The molecule has 10 heteroatoms. The van der Waals surface area contributed by atoms with E-state index in [1.807, 2.05) is 6.92 Å². The van der Waals surface area contributed by atoms with Crippen molar-refractivity contribution in [1.29, 1.82) is 0 Å². The lowest BCUT2D eigenvalue weighted by Gasteiger charge is -2.13. The second-order valence-electron chi connectivity index (χ2n) is 6.47. The monoisotopic (exact) mass is 444 g/mol. The van der Waals surface area contributed by atoms with Gasteiger partial charge in [-0.15, -0.1) is 0 Å². The zero-order valence-electron chi connectivity index (χ0n) is 16.3. The fourth-order valence-corrected chi connectivity index (χ4v) is 3.83. The highest BCUT2D eigenvalue weighted by Gasteiger charge is 2.36. The molecule has 0 bridgehead atoms. The minimum absolute atomic E-state index is 0.0308. The van der Waals surface area contributed by atoms with Crippen LogP contribution < -0.4 is 19.5 Å². The highest BCUT2D eigenvalue weighted by molar-refractivity contribution is 8.18. The van der Waals surface area contributed by atoms with Gasteiger partial charge in [-0.05, 0) is 43.0 Å². The number of rotatable bonds is 6. The average molecular weight is 444 g/mol. The molecular weight excluding hydrogens is 427 g/mol. The van der Waals surface area contributed by atoms with Crippen LogP contribution in [0, 0.1) is 5.82 Å². The molecule has 1 N–H and O–H groups in total. The van der Waals surface area contributed by atoms with E-state index in [0.29, 0.717) is 41.2 Å². The largest absolute Gasteiger partial charge is 0.493 e. The number of hydrogen-bond donors (Lipinski definition) is 1. The maximum Gasteiger partial charge on any atom is 0.294 e. The lowest BCUT2D eigenvalue weighted by Crippen LogP contribution is -2.36. The van der Waals surface area contributed by atoms with E-state index in [2.05, 4.69) is 5.32 Å². The van der Waals surface area contributed by atoms with Gasteiger partial charge in [-0.25, -0.2) is 4.39 Å². The van der Waals surface area contributed by atoms with Crippen molar-refractivity contribution in [2.75, 3.05) is 25.3 Å². The van der Waals surface area contributed by atoms with Crippen molar-refractivity contribution in [1.82, 2.24) is 4.90 Å². The first-order chi connectivity index (χ1) is 15.0. The van der Waals surface area contributed by atoms with Crippen LogP contribution >= 0.6 is 11.8 Å². The standard InChI is InChI=1S/C21H17FN2O6S/c1-2-28-15-9-17-16(29-11-30-17)7-12(15)8-18-20(26)24(21(27)31-18)10-19(25)23-14-6-4-3-5-13(14)22/h3-9H,2,10-11H2,1H3,(H,23,25)/b18-8+. The molecule has 0 unspecified atom stereocenters. The molecule has 0 radical (unpaired) electrons. The molecule has 160 valence electrons. The molecule has 8 nitrogen and oxygen atoms in total. The molecular formula is C21H17FN2O6S. The molecule has 2 heterocycles. The zero-order valence-corrected chi connectivity index (χ0v) is 17.2. The quantitative estimate of drug-likeness (QED) is 0.680. The average Bonchev–Trinajstić information content (AvgIpc) is 3.29. The van der Waals surface area contributed by atoms with Crippen LogP contribution in [0.2, 0.25) is 0 Å². The second-order valence-corrected chi connectivity index (χ2v) is 7.47. The van der Waals surface area contributed by atoms with Gasteiger partial charge in [-0.1, -0.05) is 12.1 Å². The van der Waals surface area contributed by atoms with Gasteiger partial charge >= 0.3 is 0 Å². The van der Waals surface area contributed by atoms with Crippen molar-refractivity contribution in [3.63, 3.8) is 0 Å². The van der Waals surface area contributed by atoms with Gasteiger partial charge in [0.05, 0.1) is 17.2 Å². The van der Waals surface area contributed by atoms with Crippen LogP contribution in [0.3, 0.4) is 0 Å². The number of para-hydroxylation sites is 1. The smallest absolute Gasteiger partial charge is 0.294 e. The summed E-state index contributed by atoms with van der Waals surface area (Å²) in [6, 6.07) is 8.94. The molecule has 0 aromatic heterocycles. The maximum absolute atomic E-state index is 13.7. The van der Waals surface area contributed by atoms with Gasteiger partial charge in [0.25, 0.3) is 11.1 Å². The Morgan fingerprint density at radius 3 is 2.74 bits per heavy atom. The molecule has 4 rings (SSSR count). The minimum Gasteiger partial charge on any atom is -0.493 e. The van der Waals surface area contributed by atoms with Gasteiger partial charge in [0, 0.05) is 11.6 Å². The van der Waals surface area contributed by atoms with E-state index in [9.17, 15) is 18.8 Å². The molecule has 2 aromatic rings. The van der Waals surface area contributed by atoms with Crippen LogP contribution in [-0.2, 0) is 9.59 Å². The molecule has 0 saturated carbocycles. The van der Waals surface area contributed by atoms with Crippen molar-refractivity contribution in [2.24, 2.45) is 0 Å². The molecule has 2 aliphatic rings. The number of carbonyl (C=O) groups excluding carboxylic acids is 3. The summed E-state index contributed by atoms with van der Waals surface area (Å²) in [5.41, 5.74) is 0.504. The van der Waals surface area contributed by atoms with Crippen LogP contribution in [0.5, 0.6) is 17.2 Å². The second kappa shape index (κ2) is 8.68. The first kappa shape index (κ1) is 20.7. The number of thioether (sulfide) groups is 1. The molecule has 2 aliphatic heterocycles. The van der Waals surface area contributed by atoms with Gasteiger partial charge in [0.2, 0.25) is 12.7 Å². The summed E-state index contributed by atoms with van der Waals surface area (Å²) in [5, 5.41) is 1.76. The Hall–Kier alpha value is -3.53. The molecule has 0 aliphatic carbocycles. The molecule has 3 amide bonds. The van der Waals surface area contributed by atoms with E-state index in [-0.39, 0.29) is 17.4 Å². The SMILES string of the molecule is CCOc1cc2c(cc1/C=C1/SC(=O)N(CC(=O)Nc3ccccc3F)C1=O)OCO2. The van der Waals surface area contributed by atoms with Gasteiger partial charge < -0.3 is 19.5 Å². The number of imide groups is 1. The van der Waals surface area contributed by atoms with E-state index in [4.69, 9.17) is 14.2 Å². The number of benzene rings is 2. The molecule has 0 atom stereocenters. The third kappa shape index (κ3) is 4.33. The Morgan fingerprint density at radius 2 is 2.00 bits per heavy atom. The predicted octanol–water partition coefficient (Wildman–Crippen LogP) is 3.63. The molecule has 0 spiro atoms. The van der Waals surface area contributed by atoms with E-state index >= 15 is 0 Å². The normalized spacial score (nSPS) is 16.2. The summed E-state index contributed by atoms with van der Waals surface area (Å²) in [6.07, 6.45) is 1.51. The molecule has 2 aromatic carbocycles. The first-order valence-electron chi connectivity index (χ1n) is 9.32. The Kier molecular flexibility index (Phi) is 5.81. The maximum atomic E-state index is 13.7. The molecule has 1 fully saturated rings. The first-order valence-corrected chi connectivity index (χ1v) is 10.1. The Bertz CT molecular complexity index is 1100. The van der Waals surface area contributed by atoms with Crippen LogP contribution in [0.4, 0.5) is 14.9 Å². The van der Waals surface area contributed by atoms with E-state index in [1.54, 1.807) is 18.2 Å². The van der Waals surface area contributed by atoms with Crippen LogP contribution in [0.1, 0.15) is 12.5 Å². The van der Waals surface area contributed by atoms with Crippen molar-refractivity contribution in [2.45, 2.75) is 6.92 Å². The summed E-state index contributed by atoms with van der Waals surface area (Å²) in [5.74, 6) is -0.436. The number of nitrogens with one attached hydrogen (secondary N) is 1. The number of carbonyl (C=O) groups is 3. The summed E-state index contributed by atoms with van der Waals surface area (Å²) in [6.45, 7) is 1.75. The Morgan fingerprint density at radius 1 is 1.26 bits per heavy atom. The number of ether oxygens (including phenoxy) is 3. The fourth-order valence-electron chi connectivity index (χ4n) is 3.01. The molecule has 1 saturated heterocycles. The summed E-state index contributed by atoms with van der Waals surface area (Å²) in [7, 11) is 0. The van der Waals surface area contributed by atoms with Crippen LogP contribution in [0.15, 0.2) is 41.3 Å². The summed E-state index contributed by atoms with van der Waals surface area (Å²) in [4.78, 5) is 38.3. The van der Waals surface area contributed by atoms with Gasteiger partial charge in [0.1, 0.15) is 18.1 Å². The number of nitrogens with zero attached hydrogens (tertiary/aromatic N) is 1. The van der Waals surface area contributed by atoms with Crippen molar-refractivity contribution in [3.05, 3.63) is 52.7 Å². The topological polar surface area (TPSA) is 94.2 Å². The predicted molar refractivity (Wildman–Crippen MR) is 111 cm³/mol. The zero-order chi connectivity index (χ0) is 22.0. The van der Waals surface area contributed by atoms with Crippen molar-refractivity contribution < 1.29 is 33.0 Å². The van der Waals surface area contributed by atoms with Gasteiger partial charge in [-0.2, -0.15) is 0 Å². The number of hydrogen-bond acceptors (Lipinski definition) is 7. The summed E-state index contributed by atoms with van der Waals surface area (Å²) < 4.78 is 30.0. The third-order valence-electron chi connectivity index (χ3n) is 4.41. The molecule has 31 heavy (non-hydrogen) atoms. The number of halogens is 1. The fraction of sp³-hybridized carbons (Fsp3) is 0.190. The van der Waals surface area contributed by atoms with Gasteiger partial charge in [0.15, 0.2) is 11.5 Å². The van der Waals surface area contributed by atoms with Crippen molar-refractivity contribution >= 4 is 40.6 Å². The van der Waals surface area contributed by atoms with E-state index in [0.717, 1.165) is 4.90 Å². The van der Waals surface area contributed by atoms with E-state index < -0.39 is 29.4 Å². The van der Waals surface area contributed by atoms with Crippen LogP contribution in [-0.4, -0.2) is 41.9 Å². The Labute approximate surface area is 180 Å². The lowest BCUT2D eigenvalue weighted by molar-refractivity contribution is -0.127. The number of fused-ring (bicyclic) bond motifs is 1.